The van der Waals surface area contributed by atoms with E-state index in [0.717, 1.165) is 40.7 Å². The molecule has 0 radical (unpaired) electrons. The molecule has 3 heterocycles. The Morgan fingerprint density at radius 3 is 2.26 bits per heavy atom. The lowest BCUT2D eigenvalue weighted by molar-refractivity contribution is 0.483. The van der Waals surface area contributed by atoms with Crippen molar-refractivity contribution in [1.29, 1.82) is 0 Å². The van der Waals surface area contributed by atoms with Gasteiger partial charge in [0, 0.05) is 40.8 Å². The number of para-hydroxylation sites is 3. The lowest BCUT2D eigenvalue weighted by atomic mass is 9.88. The van der Waals surface area contributed by atoms with Crippen molar-refractivity contribution in [2.45, 2.75) is 46.1 Å². The van der Waals surface area contributed by atoms with Crippen LogP contribution in [0.3, 0.4) is 0 Å². The van der Waals surface area contributed by atoms with Crippen LogP contribution >= 0.6 is 0 Å². The van der Waals surface area contributed by atoms with Crippen molar-refractivity contribution in [2.24, 2.45) is 0 Å². The molecule has 42 heavy (non-hydrogen) atoms. The lowest BCUT2D eigenvalue weighted by Crippen LogP contribution is -2.33. The summed E-state index contributed by atoms with van der Waals surface area (Å²) in [5.74, 6) is 2.51. The second-order valence-corrected chi connectivity index (χ2v) is 12.4. The molecule has 0 saturated carbocycles. The Morgan fingerprint density at radius 2 is 1.45 bits per heavy atom. The normalized spacial score (nSPS) is 13.4. The summed E-state index contributed by atoms with van der Waals surface area (Å²) in [5.41, 5.74) is 7.08. The van der Waals surface area contributed by atoms with Gasteiger partial charge in [0.1, 0.15) is 17.3 Å². The summed E-state index contributed by atoms with van der Waals surface area (Å²) in [5, 5.41) is 2.38. The highest BCUT2D eigenvalue weighted by Crippen LogP contribution is 2.42. The fourth-order valence-electron chi connectivity index (χ4n) is 6.02. The maximum Gasteiger partial charge on any atom is 0.137 e. The van der Waals surface area contributed by atoms with Gasteiger partial charge in [-0.25, -0.2) is 4.98 Å². The van der Waals surface area contributed by atoms with Crippen LogP contribution in [0, 0.1) is 0 Å². The molecule has 0 amide bonds. The zero-order valence-corrected chi connectivity index (χ0v) is 24.9. The molecule has 5 heteroatoms. The number of anilines is 3. The average molecular weight is 553 g/mol. The van der Waals surface area contributed by atoms with E-state index in [-0.39, 0.29) is 5.41 Å². The van der Waals surface area contributed by atoms with E-state index >= 15 is 0 Å². The third-order valence-corrected chi connectivity index (χ3v) is 8.25. The van der Waals surface area contributed by atoms with Crippen molar-refractivity contribution in [1.82, 2.24) is 9.55 Å². The Balaban J connectivity index is 1.28. The van der Waals surface area contributed by atoms with E-state index in [1.165, 1.54) is 27.7 Å². The molecule has 1 aliphatic rings. The maximum atomic E-state index is 6.54. The van der Waals surface area contributed by atoms with Crippen molar-refractivity contribution in [3.05, 3.63) is 115 Å². The summed E-state index contributed by atoms with van der Waals surface area (Å²) in [6.45, 7) is 12.0. The maximum absolute atomic E-state index is 6.54. The van der Waals surface area contributed by atoms with Gasteiger partial charge in [-0.15, -0.1) is 0 Å². The number of fused-ring (bicyclic) bond motifs is 4. The van der Waals surface area contributed by atoms with Crippen molar-refractivity contribution in [3.63, 3.8) is 0 Å². The van der Waals surface area contributed by atoms with Gasteiger partial charge in [0.05, 0.1) is 29.1 Å². The lowest BCUT2D eigenvalue weighted by Gasteiger charge is -2.25. The predicted molar refractivity (Wildman–Crippen MR) is 175 cm³/mol. The van der Waals surface area contributed by atoms with Crippen LogP contribution in [0.25, 0.3) is 27.6 Å². The highest BCUT2D eigenvalue weighted by Gasteiger charge is 2.28. The molecular formula is C37H36N4O. The molecule has 0 saturated heterocycles. The summed E-state index contributed by atoms with van der Waals surface area (Å²) >= 11 is 0. The van der Waals surface area contributed by atoms with E-state index in [1.54, 1.807) is 0 Å². The minimum Gasteiger partial charge on any atom is -0.457 e. The van der Waals surface area contributed by atoms with Gasteiger partial charge in [0.2, 0.25) is 0 Å². The van der Waals surface area contributed by atoms with Gasteiger partial charge < -0.3 is 14.5 Å². The van der Waals surface area contributed by atoms with Gasteiger partial charge >= 0.3 is 0 Å². The highest BCUT2D eigenvalue weighted by atomic mass is 16.5. The van der Waals surface area contributed by atoms with Gasteiger partial charge in [0.25, 0.3) is 0 Å². The Bertz CT molecular complexity index is 1930. The molecule has 0 spiro atoms. The van der Waals surface area contributed by atoms with Crippen LogP contribution in [0.1, 0.15) is 40.2 Å². The third kappa shape index (κ3) is 4.46. The molecule has 0 N–H and O–H groups in total. The third-order valence-electron chi connectivity index (χ3n) is 8.25. The number of aromatic nitrogens is 2. The van der Waals surface area contributed by atoms with Crippen molar-refractivity contribution in [3.8, 4) is 17.3 Å². The Hall–Kier alpha value is -4.77. The first-order valence-corrected chi connectivity index (χ1v) is 14.7. The second-order valence-electron chi connectivity index (χ2n) is 12.4. The topological polar surface area (TPSA) is 33.5 Å². The summed E-state index contributed by atoms with van der Waals surface area (Å²) in [4.78, 5) is 9.60. The molecule has 0 fully saturated rings. The zero-order chi connectivity index (χ0) is 29.0. The van der Waals surface area contributed by atoms with Gasteiger partial charge in [-0.3, -0.25) is 4.57 Å². The largest absolute Gasteiger partial charge is 0.457 e. The number of benzene rings is 4. The van der Waals surface area contributed by atoms with E-state index in [0.29, 0.717) is 6.04 Å². The van der Waals surface area contributed by atoms with Crippen LogP contribution < -0.4 is 14.5 Å². The minimum atomic E-state index is 0.0256. The van der Waals surface area contributed by atoms with E-state index in [1.807, 2.05) is 12.3 Å². The van der Waals surface area contributed by atoms with E-state index in [4.69, 9.17) is 9.72 Å². The average Bonchev–Trinajstić information content (AvgIpc) is 3.53. The molecule has 4 aromatic carbocycles. The summed E-state index contributed by atoms with van der Waals surface area (Å²) in [6, 6.07) is 36.6. The van der Waals surface area contributed by atoms with Crippen LogP contribution in [0.4, 0.5) is 17.1 Å². The highest BCUT2D eigenvalue weighted by molar-refractivity contribution is 6.09. The molecule has 2 aromatic heterocycles. The monoisotopic (exact) mass is 552 g/mol. The second kappa shape index (κ2) is 9.95. The van der Waals surface area contributed by atoms with E-state index in [2.05, 4.69) is 146 Å². The van der Waals surface area contributed by atoms with Crippen molar-refractivity contribution < 1.29 is 4.74 Å². The Morgan fingerprint density at radius 1 is 0.714 bits per heavy atom. The number of hydrogen-bond acceptors (Lipinski definition) is 4. The van der Waals surface area contributed by atoms with E-state index < -0.39 is 0 Å². The first kappa shape index (κ1) is 26.1. The first-order valence-electron chi connectivity index (χ1n) is 14.7. The smallest absolute Gasteiger partial charge is 0.137 e. The van der Waals surface area contributed by atoms with Crippen LogP contribution in [0.15, 0.2) is 109 Å². The zero-order valence-electron chi connectivity index (χ0n) is 24.9. The summed E-state index contributed by atoms with van der Waals surface area (Å²) in [7, 11) is 0. The van der Waals surface area contributed by atoms with Gasteiger partial charge in [0.15, 0.2) is 0 Å². The molecule has 0 unspecified atom stereocenters. The molecular weight excluding hydrogens is 516 g/mol. The van der Waals surface area contributed by atoms with Crippen LogP contribution in [0.2, 0.25) is 0 Å². The first-order chi connectivity index (χ1) is 20.3. The molecule has 6 aromatic rings. The fourth-order valence-corrected chi connectivity index (χ4v) is 6.02. The van der Waals surface area contributed by atoms with Crippen LogP contribution in [0.5, 0.6) is 11.5 Å². The number of hydrogen-bond donors (Lipinski definition) is 0. The van der Waals surface area contributed by atoms with Crippen molar-refractivity contribution in [2.75, 3.05) is 16.5 Å². The van der Waals surface area contributed by atoms with Gasteiger partial charge in [-0.1, -0.05) is 57.2 Å². The molecule has 0 atom stereocenters. The standard InChI is InChI=1S/C37H36N4O/c1-25(2)39-24-40(34-16-9-8-15-33(34)39)27-11-10-12-28(22-27)42-29-17-18-31-30-13-6-7-14-32(30)41(35(31)23-29)36-21-26(19-20-38-36)37(3,4)5/h6-23,25H,24H2,1-5H3. The number of ether oxygens (including phenoxy) is 1. The molecule has 5 nitrogen and oxygen atoms in total. The molecule has 0 bridgehead atoms. The molecule has 7 rings (SSSR count). The van der Waals surface area contributed by atoms with Crippen LogP contribution in [-0.2, 0) is 5.41 Å². The van der Waals surface area contributed by atoms with E-state index in [9.17, 15) is 0 Å². The number of nitrogens with zero attached hydrogens (tertiary/aromatic N) is 4. The minimum absolute atomic E-state index is 0.0256. The van der Waals surface area contributed by atoms with Crippen molar-refractivity contribution >= 4 is 38.9 Å². The quantitative estimate of drug-likeness (QED) is 0.213. The fraction of sp³-hybridized carbons (Fsp3) is 0.216. The molecule has 0 aliphatic carbocycles. The van der Waals surface area contributed by atoms with Gasteiger partial charge in [-0.2, -0.15) is 0 Å². The predicted octanol–water partition coefficient (Wildman–Crippen LogP) is 9.59. The molecule has 1 aliphatic heterocycles. The number of rotatable bonds is 5. The number of pyridine rings is 1. The Labute approximate surface area is 247 Å². The van der Waals surface area contributed by atoms with Crippen LogP contribution in [-0.4, -0.2) is 22.3 Å². The Kier molecular flexibility index (Phi) is 6.19. The summed E-state index contributed by atoms with van der Waals surface area (Å²) in [6.07, 6.45) is 1.92. The summed E-state index contributed by atoms with van der Waals surface area (Å²) < 4.78 is 8.79. The molecule has 210 valence electrons. The van der Waals surface area contributed by atoms with Gasteiger partial charge in [-0.05, 0) is 79.4 Å². The SMILES string of the molecule is CC(C)N1CN(c2cccc(Oc3ccc4c5ccccc5n(-c5cc(C(C)(C)C)ccn5)c4c3)c2)c2ccccc21.